The summed E-state index contributed by atoms with van der Waals surface area (Å²) in [6.45, 7) is 3.18. The molecule has 100 valence electrons. The second-order valence-corrected chi connectivity index (χ2v) is 5.13. The molecule has 0 saturated heterocycles. The smallest absolute Gasteiger partial charge is 0.223 e. The average molecular weight is 250 g/mol. The summed E-state index contributed by atoms with van der Waals surface area (Å²) in [5, 5.41) is 7.18. The predicted octanol–water partition coefficient (Wildman–Crippen LogP) is 0.720. The number of hydrogen-bond donors (Lipinski definition) is 2. The molecule has 18 heavy (non-hydrogen) atoms. The van der Waals surface area contributed by atoms with E-state index in [-0.39, 0.29) is 11.8 Å². The molecule has 2 unspecified atom stereocenters. The fourth-order valence-corrected chi connectivity index (χ4v) is 2.70. The first-order valence-electron chi connectivity index (χ1n) is 6.58. The lowest BCUT2D eigenvalue weighted by molar-refractivity contribution is -0.126. The van der Waals surface area contributed by atoms with Gasteiger partial charge in [-0.15, -0.1) is 0 Å². The normalized spacial score (nSPS) is 23.3. The molecular weight excluding hydrogens is 228 g/mol. The van der Waals surface area contributed by atoms with E-state index in [1.807, 2.05) is 24.9 Å². The molecule has 1 amide bonds. The van der Waals surface area contributed by atoms with Gasteiger partial charge in [-0.25, -0.2) is 0 Å². The number of nitrogens with zero attached hydrogens (tertiary/aromatic N) is 2. The Morgan fingerprint density at radius 2 is 2.39 bits per heavy atom. The van der Waals surface area contributed by atoms with Crippen molar-refractivity contribution in [2.75, 3.05) is 6.54 Å². The van der Waals surface area contributed by atoms with Crippen LogP contribution in [0, 0.1) is 18.8 Å². The lowest BCUT2D eigenvalue weighted by Crippen LogP contribution is -2.34. The van der Waals surface area contributed by atoms with Crippen molar-refractivity contribution in [3.05, 3.63) is 17.5 Å². The number of nitrogens with one attached hydrogen (secondary N) is 1. The van der Waals surface area contributed by atoms with E-state index in [1.165, 1.54) is 0 Å². The number of carbonyl (C=O) groups excluding carboxylic acids is 1. The van der Waals surface area contributed by atoms with Gasteiger partial charge < -0.3 is 11.1 Å². The van der Waals surface area contributed by atoms with E-state index in [4.69, 9.17) is 5.73 Å². The van der Waals surface area contributed by atoms with E-state index in [0.29, 0.717) is 19.0 Å². The van der Waals surface area contributed by atoms with Gasteiger partial charge in [0.25, 0.3) is 0 Å². The second kappa shape index (κ2) is 5.52. The van der Waals surface area contributed by atoms with Crippen LogP contribution in [0.1, 0.15) is 30.5 Å². The van der Waals surface area contributed by atoms with Crippen LogP contribution in [0.4, 0.5) is 0 Å². The Bertz CT molecular complexity index is 427. The number of hydrogen-bond acceptors (Lipinski definition) is 3. The zero-order valence-electron chi connectivity index (χ0n) is 11.1. The minimum absolute atomic E-state index is 0.104. The van der Waals surface area contributed by atoms with Gasteiger partial charge in [0.2, 0.25) is 5.91 Å². The lowest BCUT2D eigenvalue weighted by Gasteiger charge is -2.17. The van der Waals surface area contributed by atoms with Crippen LogP contribution in [-0.2, 0) is 18.4 Å². The minimum atomic E-state index is 0.104. The van der Waals surface area contributed by atoms with E-state index >= 15 is 0 Å². The molecule has 5 nitrogen and oxygen atoms in total. The molecule has 1 aromatic heterocycles. The molecule has 1 saturated carbocycles. The Kier molecular flexibility index (Phi) is 4.01. The van der Waals surface area contributed by atoms with Crippen molar-refractivity contribution in [2.24, 2.45) is 24.6 Å². The largest absolute Gasteiger partial charge is 0.352 e. The highest BCUT2D eigenvalue weighted by molar-refractivity contribution is 5.79. The number of rotatable bonds is 4. The lowest BCUT2D eigenvalue weighted by atomic mass is 9.95. The standard InChI is InChI=1S/C13H22N4O/c1-9-11(8-16-17(9)2)7-15-13(18)12-5-3-4-10(12)6-14/h8,10,12H,3-7,14H2,1-2H3,(H,15,18). The van der Waals surface area contributed by atoms with Crippen LogP contribution in [0.2, 0.25) is 0 Å². The van der Waals surface area contributed by atoms with Gasteiger partial charge in [-0.3, -0.25) is 9.48 Å². The molecule has 1 aliphatic rings. The molecule has 1 aliphatic carbocycles. The number of carbonyl (C=O) groups is 1. The fraction of sp³-hybridized carbons (Fsp3) is 0.692. The number of aromatic nitrogens is 2. The third-order valence-electron chi connectivity index (χ3n) is 4.09. The molecule has 0 spiro atoms. The Balaban J connectivity index is 1.90. The highest BCUT2D eigenvalue weighted by Gasteiger charge is 2.31. The maximum absolute atomic E-state index is 12.1. The summed E-state index contributed by atoms with van der Waals surface area (Å²) in [6, 6.07) is 0. The van der Waals surface area contributed by atoms with Crippen molar-refractivity contribution in [2.45, 2.75) is 32.7 Å². The van der Waals surface area contributed by atoms with Crippen LogP contribution < -0.4 is 11.1 Å². The quantitative estimate of drug-likeness (QED) is 0.827. The van der Waals surface area contributed by atoms with Crippen molar-refractivity contribution in [1.82, 2.24) is 15.1 Å². The second-order valence-electron chi connectivity index (χ2n) is 5.13. The van der Waals surface area contributed by atoms with Crippen LogP contribution in [0.5, 0.6) is 0 Å². The van der Waals surface area contributed by atoms with Gasteiger partial charge in [0.05, 0.1) is 6.20 Å². The van der Waals surface area contributed by atoms with Gasteiger partial charge in [-0.05, 0) is 32.2 Å². The summed E-state index contributed by atoms with van der Waals surface area (Å²) < 4.78 is 1.82. The molecule has 1 fully saturated rings. The molecular formula is C13H22N4O. The molecule has 0 radical (unpaired) electrons. The topological polar surface area (TPSA) is 72.9 Å². The maximum Gasteiger partial charge on any atom is 0.223 e. The van der Waals surface area contributed by atoms with Crippen molar-refractivity contribution < 1.29 is 4.79 Å². The van der Waals surface area contributed by atoms with Crippen LogP contribution >= 0.6 is 0 Å². The first kappa shape index (κ1) is 13.1. The molecule has 0 aliphatic heterocycles. The number of amides is 1. The zero-order valence-corrected chi connectivity index (χ0v) is 11.1. The van der Waals surface area contributed by atoms with E-state index in [1.54, 1.807) is 0 Å². The fourth-order valence-electron chi connectivity index (χ4n) is 2.70. The van der Waals surface area contributed by atoms with Crippen LogP contribution in [0.3, 0.4) is 0 Å². The molecule has 0 bridgehead atoms. The predicted molar refractivity (Wildman–Crippen MR) is 69.7 cm³/mol. The monoisotopic (exact) mass is 250 g/mol. The first-order chi connectivity index (χ1) is 8.63. The SMILES string of the molecule is Cc1c(CNC(=O)C2CCCC2CN)cnn1C. The summed E-state index contributed by atoms with van der Waals surface area (Å²) >= 11 is 0. The highest BCUT2D eigenvalue weighted by Crippen LogP contribution is 2.30. The molecule has 1 heterocycles. The van der Waals surface area contributed by atoms with Gasteiger partial charge in [0.15, 0.2) is 0 Å². The summed E-state index contributed by atoms with van der Waals surface area (Å²) in [7, 11) is 1.90. The van der Waals surface area contributed by atoms with Crippen molar-refractivity contribution >= 4 is 5.91 Å². The Hall–Kier alpha value is -1.36. The van der Waals surface area contributed by atoms with E-state index in [9.17, 15) is 4.79 Å². The summed E-state index contributed by atoms with van der Waals surface area (Å²) in [5.41, 5.74) is 7.87. The van der Waals surface area contributed by atoms with Crippen molar-refractivity contribution in [3.8, 4) is 0 Å². The molecule has 0 aromatic carbocycles. The summed E-state index contributed by atoms with van der Waals surface area (Å²) in [5.74, 6) is 0.609. The zero-order chi connectivity index (χ0) is 13.1. The van der Waals surface area contributed by atoms with Crippen molar-refractivity contribution in [3.63, 3.8) is 0 Å². The van der Waals surface area contributed by atoms with Crippen LogP contribution in [-0.4, -0.2) is 22.2 Å². The van der Waals surface area contributed by atoms with Gasteiger partial charge in [0.1, 0.15) is 0 Å². The third kappa shape index (κ3) is 2.56. The van der Waals surface area contributed by atoms with E-state index in [0.717, 1.165) is 30.5 Å². The Labute approximate surface area is 108 Å². The van der Waals surface area contributed by atoms with Crippen LogP contribution in [0.15, 0.2) is 6.20 Å². The molecule has 2 atom stereocenters. The Morgan fingerprint density at radius 1 is 1.61 bits per heavy atom. The minimum Gasteiger partial charge on any atom is -0.352 e. The van der Waals surface area contributed by atoms with Gasteiger partial charge >= 0.3 is 0 Å². The van der Waals surface area contributed by atoms with E-state index < -0.39 is 0 Å². The van der Waals surface area contributed by atoms with Crippen molar-refractivity contribution in [1.29, 1.82) is 0 Å². The number of aryl methyl sites for hydroxylation is 1. The molecule has 5 heteroatoms. The number of nitrogens with two attached hydrogens (primary N) is 1. The highest BCUT2D eigenvalue weighted by atomic mass is 16.1. The average Bonchev–Trinajstić information content (AvgIpc) is 2.96. The van der Waals surface area contributed by atoms with Gasteiger partial charge in [-0.1, -0.05) is 6.42 Å². The summed E-state index contributed by atoms with van der Waals surface area (Å²) in [4.78, 5) is 12.1. The maximum atomic E-state index is 12.1. The van der Waals surface area contributed by atoms with Gasteiger partial charge in [-0.2, -0.15) is 5.10 Å². The summed E-state index contributed by atoms with van der Waals surface area (Å²) in [6.07, 6.45) is 4.98. The first-order valence-corrected chi connectivity index (χ1v) is 6.58. The van der Waals surface area contributed by atoms with E-state index in [2.05, 4.69) is 10.4 Å². The van der Waals surface area contributed by atoms with Crippen LogP contribution in [0.25, 0.3) is 0 Å². The molecule has 3 N–H and O–H groups in total. The third-order valence-corrected chi connectivity index (χ3v) is 4.09. The van der Waals surface area contributed by atoms with Gasteiger partial charge in [0, 0.05) is 30.8 Å². The Morgan fingerprint density at radius 3 is 3.00 bits per heavy atom. The molecule has 2 rings (SSSR count). The molecule has 1 aromatic rings.